The molecule has 19 rings (SSSR count). The second kappa shape index (κ2) is 35.9. The van der Waals surface area contributed by atoms with Crippen LogP contribution >= 0.6 is 0 Å². The number of rotatable bonds is 8. The van der Waals surface area contributed by atoms with Crippen molar-refractivity contribution in [3.8, 4) is 0 Å². The molecular formula is C83H103FN26O7. The van der Waals surface area contributed by atoms with Crippen molar-refractivity contribution in [2.45, 2.75) is 200 Å². The molecule has 0 unspecified atom stereocenters. The molecule has 614 valence electrons. The average molecular weight is 1600 g/mol. The van der Waals surface area contributed by atoms with Gasteiger partial charge in [0.2, 0.25) is 17.2 Å². The van der Waals surface area contributed by atoms with Crippen molar-refractivity contribution in [2.24, 2.45) is 9.98 Å². The molecule has 1 aliphatic carbocycles. The van der Waals surface area contributed by atoms with Gasteiger partial charge in [0.25, 0.3) is 16.7 Å². The van der Waals surface area contributed by atoms with E-state index in [9.17, 15) is 38.0 Å². The maximum Gasteiger partial charge on any atom is 0.287 e. The molecular weight excluding hydrogens is 1490 g/mol. The molecule has 117 heavy (non-hydrogen) atoms. The van der Waals surface area contributed by atoms with Crippen molar-refractivity contribution < 1.29 is 18.8 Å². The number of halogens is 1. The van der Waals surface area contributed by atoms with E-state index in [0.29, 0.717) is 94.6 Å². The summed E-state index contributed by atoms with van der Waals surface area (Å²) in [5, 5.41) is 4.04. The van der Waals surface area contributed by atoms with Gasteiger partial charge in [-0.15, -0.1) is 0 Å². The number of imidazole rings is 6. The molecule has 18 heterocycles. The van der Waals surface area contributed by atoms with Crippen LogP contribution in [0.1, 0.15) is 230 Å². The monoisotopic (exact) mass is 1590 g/mol. The third-order valence-electron chi connectivity index (χ3n) is 19.2. The average Bonchev–Trinajstić information content (AvgIpc) is 1.62. The molecule has 0 saturated heterocycles. The van der Waals surface area contributed by atoms with Crippen LogP contribution in [0.15, 0.2) is 171 Å². The molecule has 0 spiro atoms. The minimum Gasteiger partial charge on any atom is -0.398 e. The second-order valence-corrected chi connectivity index (χ2v) is 29.9. The Balaban J connectivity index is 0.000000141. The van der Waals surface area contributed by atoms with E-state index in [-0.39, 0.29) is 90.5 Å². The highest BCUT2D eigenvalue weighted by atomic mass is 19.1. The first-order chi connectivity index (χ1) is 54.8. The van der Waals surface area contributed by atoms with Gasteiger partial charge in [0, 0.05) is 165 Å². The van der Waals surface area contributed by atoms with Crippen molar-refractivity contribution in [1.29, 1.82) is 0 Å². The lowest BCUT2D eigenvalue weighted by Crippen LogP contribution is -2.19. The van der Waals surface area contributed by atoms with E-state index in [4.69, 9.17) is 5.73 Å². The van der Waals surface area contributed by atoms with Crippen LogP contribution in [0.4, 0.5) is 27.7 Å². The Labute approximate surface area is 673 Å². The first-order valence-corrected chi connectivity index (χ1v) is 38.0. The lowest BCUT2D eigenvalue weighted by molar-refractivity contribution is 0.0984. The number of Topliss-reactive ketones (excluding diaryl/α,β-unsaturated/α-hetero) is 3. The molecule has 15 aromatic heterocycles. The molecule has 5 N–H and O–H groups in total. The fraction of sp³-hybridized carbons (Fsp3) is 0.361. The number of carbonyl (C=O) groups is 3. The number of H-pyrrole nitrogens is 2. The smallest absolute Gasteiger partial charge is 0.287 e. The Morgan fingerprint density at radius 2 is 1.13 bits per heavy atom. The molecule has 3 aliphatic heterocycles. The lowest BCUT2D eigenvalue weighted by atomic mass is 10.1. The molecule has 0 fully saturated rings. The van der Waals surface area contributed by atoms with Gasteiger partial charge in [-0.3, -0.25) is 47.2 Å². The maximum absolute atomic E-state index is 13.4. The van der Waals surface area contributed by atoms with Crippen LogP contribution in [0.2, 0.25) is 0 Å². The van der Waals surface area contributed by atoms with Crippen molar-refractivity contribution in [2.75, 3.05) is 11.1 Å². The highest BCUT2D eigenvalue weighted by Gasteiger charge is 2.27. The molecule has 0 amide bonds. The molecule has 0 saturated carbocycles. The molecule has 15 aromatic rings. The number of allylic oxidation sites excluding steroid dienone is 2. The van der Waals surface area contributed by atoms with Crippen LogP contribution < -0.4 is 33.2 Å². The van der Waals surface area contributed by atoms with Crippen molar-refractivity contribution >= 4 is 121 Å². The third kappa shape index (κ3) is 17.4. The van der Waals surface area contributed by atoms with E-state index in [2.05, 4.69) is 146 Å². The van der Waals surface area contributed by atoms with Crippen molar-refractivity contribution in [3.63, 3.8) is 0 Å². The minimum absolute atomic E-state index is 0. The van der Waals surface area contributed by atoms with Crippen molar-refractivity contribution in [3.05, 3.63) is 212 Å². The van der Waals surface area contributed by atoms with Gasteiger partial charge in [-0.25, -0.2) is 58.2 Å². The number of anilines is 2. The van der Waals surface area contributed by atoms with Gasteiger partial charge < -0.3 is 53.0 Å². The molecule has 0 radical (unpaired) electrons. The number of pyridine rings is 1. The van der Waals surface area contributed by atoms with Gasteiger partial charge in [0.15, 0.2) is 56.7 Å². The first-order valence-electron chi connectivity index (χ1n) is 38.0. The Morgan fingerprint density at radius 3 is 1.81 bits per heavy atom. The SMILES string of the molecule is C.C.C=C1Cn2c(nc3c(ncn3C(C)C)c2=O)N1.CC(C)n1cc(F)c2c1N=CCC2=O.CC(C)n1ccc(=O)c2nccn21.CC(C)n1ccc2c(N)ccnc21.CC(C)n1ccc2c1N=CCC2=O.CC(C)n1cnc2c(=O)[nH]c3cccn3c21.CC(C)n1cnc2c(=O)n3ccnc3[nH]c21.CC(C)n1cnc2c1C=CCC2=O. The highest BCUT2D eigenvalue weighted by Crippen LogP contribution is 2.32. The number of aromatic nitrogens is 22. The summed E-state index contributed by atoms with van der Waals surface area (Å²) in [7, 11) is 0. The number of nitrogens with two attached hydrogens (primary N) is 1. The summed E-state index contributed by atoms with van der Waals surface area (Å²) in [6.45, 7) is 37.1. The fourth-order valence-electron chi connectivity index (χ4n) is 13.3. The molecule has 0 bridgehead atoms. The van der Waals surface area contributed by atoms with E-state index in [0.717, 1.165) is 56.4 Å². The van der Waals surface area contributed by atoms with Gasteiger partial charge in [-0.05, 0) is 147 Å². The summed E-state index contributed by atoms with van der Waals surface area (Å²) in [5.41, 5.74) is 15.2. The molecule has 34 heteroatoms. The number of hydrogen-bond acceptors (Lipinski definition) is 19. The Hall–Kier alpha value is -13.6. The first kappa shape index (κ1) is 85.9. The van der Waals surface area contributed by atoms with Crippen LogP contribution in [0, 0.1) is 5.82 Å². The number of nitrogens with one attached hydrogen (secondary N) is 3. The van der Waals surface area contributed by atoms with Gasteiger partial charge in [-0.2, -0.15) is 4.98 Å². The normalized spacial score (nSPS) is 13.0. The Morgan fingerprint density at radius 1 is 0.513 bits per heavy atom. The third-order valence-corrected chi connectivity index (χ3v) is 19.2. The van der Waals surface area contributed by atoms with E-state index in [1.54, 1.807) is 88.4 Å². The number of nitrogens with zero attached hydrogens (tertiary/aromatic N) is 22. The van der Waals surface area contributed by atoms with Gasteiger partial charge in [-0.1, -0.05) is 27.5 Å². The zero-order valence-corrected chi connectivity index (χ0v) is 67.2. The zero-order chi connectivity index (χ0) is 82.7. The van der Waals surface area contributed by atoms with E-state index < -0.39 is 5.82 Å². The fourth-order valence-corrected chi connectivity index (χ4v) is 13.3. The summed E-state index contributed by atoms with van der Waals surface area (Å²) >= 11 is 0. The van der Waals surface area contributed by atoms with Gasteiger partial charge in [0.1, 0.15) is 34.3 Å². The summed E-state index contributed by atoms with van der Waals surface area (Å²) < 4.78 is 35.7. The van der Waals surface area contributed by atoms with Crippen LogP contribution in [0.25, 0.3) is 67.7 Å². The minimum atomic E-state index is -0.462. The number of nitrogen functional groups attached to an aromatic ring is 1. The van der Waals surface area contributed by atoms with E-state index in [1.165, 1.54) is 16.8 Å². The summed E-state index contributed by atoms with van der Waals surface area (Å²) in [5.74, 6) is 2.00. The van der Waals surface area contributed by atoms with Crippen LogP contribution in [0.3, 0.4) is 0 Å². The summed E-state index contributed by atoms with van der Waals surface area (Å²) in [6, 6.07) is 13.3. The predicted octanol–water partition coefficient (Wildman–Crippen LogP) is 15.1. The largest absolute Gasteiger partial charge is 0.398 e. The van der Waals surface area contributed by atoms with Crippen LogP contribution in [-0.4, -0.2) is 134 Å². The number of aromatic amines is 2. The number of hydrogen-bond donors (Lipinski definition) is 4. The summed E-state index contributed by atoms with van der Waals surface area (Å²) in [4.78, 5) is 129. The highest BCUT2D eigenvalue weighted by molar-refractivity contribution is 6.10. The lowest BCUT2D eigenvalue weighted by Gasteiger charge is -2.12. The molecule has 0 atom stereocenters. The molecule has 4 aliphatic rings. The van der Waals surface area contributed by atoms with Crippen LogP contribution in [-0.2, 0) is 6.54 Å². The maximum atomic E-state index is 13.4. The Kier molecular flexibility index (Phi) is 26.3. The number of aliphatic imine (C=N–C) groups is 2. The quantitative estimate of drug-likeness (QED) is 0.110. The predicted molar refractivity (Wildman–Crippen MR) is 458 cm³/mol. The number of ketones is 3. The molecule has 33 nitrogen and oxygen atoms in total. The van der Waals surface area contributed by atoms with E-state index >= 15 is 0 Å². The number of carbonyl (C=O) groups excluding carboxylic acids is 3. The topological polar surface area (TPSA) is 375 Å². The Bertz CT molecular complexity index is 6430. The number of fused-ring (bicyclic) bond motifs is 12. The van der Waals surface area contributed by atoms with Crippen molar-refractivity contribution in [1.82, 2.24) is 104 Å². The zero-order valence-electron chi connectivity index (χ0n) is 67.2. The molecule has 0 aromatic carbocycles. The van der Waals surface area contributed by atoms with Crippen LogP contribution in [0.5, 0.6) is 0 Å². The standard InChI is InChI=1S/C11H13N5O.C11H12N4O.C10H11FN2O.C10H11N5O.C10H13N3.2C10H12N2O.C9H11N3O.2CH4/c1-6(2)16-5-12-8-9(16)14-11-13-7(3)4-15(11)10(8)17;1-7(2)15-6-12-9-10(16)13-8-4-3-5-14(8)11(9)15;1-6(2)13-5-7(11)9-8(14)3-4-12-10(9)13;1-6(2)15-5-12-7-8(15)13-10-11-3-4-14(10)9(7)16;1-7(2)13-6-4-8-9(11)3-5-12-10(8)13;1-7(2)12-6-4-8-9(13)3-5-11-10(8)12;1-7(2)12-6-11-10-8(12)4-3-5-9(10)13;1-7(2)11-5-3-8(13)9-10-4-6-12(9)11;;/h5-6H,3-4H2,1-2H3,(H,13,14);3-7H,1-2H3,(H,13,16);4-6H,3H2,1-2H3;3-6H,1-2H3,(H,11,13);3-7H,1-2H3,(H2,11,12);4-7H,3H2,1-2H3;3-4,6-7H,5H2,1-2H3;3-7H,1-2H3;2*1H4. The van der Waals surface area contributed by atoms with Gasteiger partial charge in [0.05, 0.1) is 48.7 Å². The van der Waals surface area contributed by atoms with E-state index in [1.807, 2.05) is 135 Å². The van der Waals surface area contributed by atoms with Gasteiger partial charge >= 0.3 is 0 Å². The second-order valence-electron chi connectivity index (χ2n) is 29.9. The summed E-state index contributed by atoms with van der Waals surface area (Å²) in [6.07, 6.45) is 32.4.